The Balaban J connectivity index is 1.53. The lowest BCUT2D eigenvalue weighted by molar-refractivity contribution is -0.158. The number of carbonyl (C=O) groups excluding carboxylic acids is 2. The average Bonchev–Trinajstić information content (AvgIpc) is 3.22. The van der Waals surface area contributed by atoms with Crippen LogP contribution in [0.15, 0.2) is 41.4 Å². The van der Waals surface area contributed by atoms with Gasteiger partial charge in [-0.15, -0.1) is 0 Å². The number of anilines is 1. The Hall–Kier alpha value is -2.43. The molecule has 0 bridgehead atoms. The summed E-state index contributed by atoms with van der Waals surface area (Å²) in [5.74, 6) is -0.909. The largest absolute Gasteiger partial charge is 0.452 e. The SMILES string of the molecule is CC(C)n1nccc1NC(=O)[C@H](C)OC(=O)C1CCN(S(=O)(=O)c2ccc(Cl)cc2)CC1. The lowest BCUT2D eigenvalue weighted by atomic mass is 9.98. The van der Waals surface area contributed by atoms with Gasteiger partial charge in [-0.3, -0.25) is 9.59 Å². The maximum absolute atomic E-state index is 12.8. The van der Waals surface area contributed by atoms with Gasteiger partial charge in [-0.05, 0) is 57.9 Å². The summed E-state index contributed by atoms with van der Waals surface area (Å²) in [6.07, 6.45) is 1.23. The minimum absolute atomic E-state index is 0.0625. The Morgan fingerprint density at radius 2 is 1.75 bits per heavy atom. The number of rotatable bonds is 7. The van der Waals surface area contributed by atoms with E-state index in [2.05, 4.69) is 10.4 Å². The van der Waals surface area contributed by atoms with Crippen molar-refractivity contribution in [1.82, 2.24) is 14.1 Å². The molecule has 174 valence electrons. The van der Waals surface area contributed by atoms with Crippen molar-refractivity contribution < 1.29 is 22.7 Å². The van der Waals surface area contributed by atoms with Crippen LogP contribution in [0.5, 0.6) is 0 Å². The number of ether oxygens (including phenoxy) is 1. The topological polar surface area (TPSA) is 111 Å². The van der Waals surface area contributed by atoms with E-state index in [9.17, 15) is 18.0 Å². The molecule has 2 heterocycles. The summed E-state index contributed by atoms with van der Waals surface area (Å²) in [5.41, 5.74) is 0. The number of amides is 1. The summed E-state index contributed by atoms with van der Waals surface area (Å²) in [6, 6.07) is 7.71. The van der Waals surface area contributed by atoms with Gasteiger partial charge in [0.2, 0.25) is 10.0 Å². The number of sulfonamides is 1. The van der Waals surface area contributed by atoms with Crippen LogP contribution >= 0.6 is 11.6 Å². The number of carbonyl (C=O) groups is 2. The summed E-state index contributed by atoms with van der Waals surface area (Å²) >= 11 is 5.83. The van der Waals surface area contributed by atoms with Crippen LogP contribution in [0.3, 0.4) is 0 Å². The van der Waals surface area contributed by atoms with Crippen LogP contribution in [0.2, 0.25) is 5.02 Å². The van der Waals surface area contributed by atoms with E-state index in [1.54, 1.807) is 16.9 Å². The molecule has 1 atom stereocenters. The van der Waals surface area contributed by atoms with E-state index in [-0.39, 0.29) is 24.0 Å². The lowest BCUT2D eigenvalue weighted by Crippen LogP contribution is -2.41. The fourth-order valence-corrected chi connectivity index (χ4v) is 5.06. The highest BCUT2D eigenvalue weighted by molar-refractivity contribution is 7.89. The molecule has 0 aliphatic carbocycles. The molecule has 1 aliphatic heterocycles. The minimum Gasteiger partial charge on any atom is -0.452 e. The van der Waals surface area contributed by atoms with Gasteiger partial charge in [0, 0.05) is 30.2 Å². The standard InChI is InChI=1S/C21H27ClN4O5S/c1-14(2)26-19(8-11-23-26)24-20(27)15(3)31-21(28)16-9-12-25(13-10-16)32(29,30)18-6-4-17(22)5-7-18/h4-8,11,14-16H,9-10,12-13H2,1-3H3,(H,24,27)/t15-/m0/s1. The summed E-state index contributed by atoms with van der Waals surface area (Å²) in [7, 11) is -3.65. The number of benzene rings is 1. The molecule has 0 saturated carbocycles. The van der Waals surface area contributed by atoms with Crippen molar-refractivity contribution in [2.45, 2.75) is 50.7 Å². The lowest BCUT2D eigenvalue weighted by Gasteiger charge is -2.30. The maximum Gasteiger partial charge on any atom is 0.309 e. The van der Waals surface area contributed by atoms with Gasteiger partial charge < -0.3 is 10.1 Å². The number of nitrogens with zero attached hydrogens (tertiary/aromatic N) is 3. The Labute approximate surface area is 192 Å². The smallest absolute Gasteiger partial charge is 0.309 e. The third-order valence-electron chi connectivity index (χ3n) is 5.31. The predicted octanol–water partition coefficient (Wildman–Crippen LogP) is 3.09. The summed E-state index contributed by atoms with van der Waals surface area (Å²) in [5, 5.41) is 7.32. The molecule has 11 heteroatoms. The third-order valence-corrected chi connectivity index (χ3v) is 7.48. The molecule has 9 nitrogen and oxygen atoms in total. The number of piperidine rings is 1. The number of nitrogens with one attached hydrogen (secondary N) is 1. The summed E-state index contributed by atoms with van der Waals surface area (Å²) < 4.78 is 33.9. The fourth-order valence-electron chi connectivity index (χ4n) is 3.46. The molecule has 1 aromatic heterocycles. The molecular weight excluding hydrogens is 456 g/mol. The Kier molecular flexibility index (Phi) is 7.58. The molecule has 0 spiro atoms. The zero-order chi connectivity index (χ0) is 23.5. The van der Waals surface area contributed by atoms with E-state index < -0.39 is 33.9 Å². The average molecular weight is 483 g/mol. The molecule has 0 unspecified atom stereocenters. The van der Waals surface area contributed by atoms with E-state index >= 15 is 0 Å². The van der Waals surface area contributed by atoms with Crippen LogP contribution in [0, 0.1) is 5.92 Å². The van der Waals surface area contributed by atoms with E-state index in [1.165, 1.54) is 35.5 Å². The normalized spacial score (nSPS) is 16.7. The van der Waals surface area contributed by atoms with Crippen molar-refractivity contribution in [2.75, 3.05) is 18.4 Å². The molecule has 1 amide bonds. The molecule has 32 heavy (non-hydrogen) atoms. The number of esters is 1. The van der Waals surface area contributed by atoms with Gasteiger partial charge in [0.15, 0.2) is 6.10 Å². The van der Waals surface area contributed by atoms with Crippen molar-refractivity contribution in [2.24, 2.45) is 5.92 Å². The van der Waals surface area contributed by atoms with Crippen LogP contribution < -0.4 is 5.32 Å². The Morgan fingerprint density at radius 3 is 2.34 bits per heavy atom. The van der Waals surface area contributed by atoms with Crippen LogP contribution in [-0.2, 0) is 24.3 Å². The minimum atomic E-state index is -3.65. The van der Waals surface area contributed by atoms with Gasteiger partial charge in [0.05, 0.1) is 17.0 Å². The van der Waals surface area contributed by atoms with Crippen molar-refractivity contribution in [3.05, 3.63) is 41.6 Å². The highest BCUT2D eigenvalue weighted by Crippen LogP contribution is 2.26. The van der Waals surface area contributed by atoms with Crippen LogP contribution in [0.1, 0.15) is 39.7 Å². The molecule has 1 aromatic carbocycles. The number of hydrogen-bond acceptors (Lipinski definition) is 6. The first kappa shape index (κ1) is 24.2. The first-order valence-electron chi connectivity index (χ1n) is 10.4. The zero-order valence-corrected chi connectivity index (χ0v) is 19.8. The van der Waals surface area contributed by atoms with Crippen molar-refractivity contribution in [1.29, 1.82) is 0 Å². The number of halogens is 1. The molecule has 1 saturated heterocycles. The monoisotopic (exact) mass is 482 g/mol. The van der Waals surface area contributed by atoms with Gasteiger partial charge in [-0.2, -0.15) is 9.40 Å². The van der Waals surface area contributed by atoms with E-state index in [4.69, 9.17) is 16.3 Å². The van der Waals surface area contributed by atoms with E-state index in [0.717, 1.165) is 0 Å². The van der Waals surface area contributed by atoms with Gasteiger partial charge in [0.25, 0.3) is 5.91 Å². The Bertz CT molecular complexity index is 1060. The van der Waals surface area contributed by atoms with E-state index in [1.807, 2.05) is 13.8 Å². The van der Waals surface area contributed by atoms with E-state index in [0.29, 0.717) is 23.7 Å². The van der Waals surface area contributed by atoms with Crippen LogP contribution in [0.25, 0.3) is 0 Å². The molecule has 3 rings (SSSR count). The predicted molar refractivity (Wildman–Crippen MR) is 120 cm³/mol. The molecule has 1 N–H and O–H groups in total. The summed E-state index contributed by atoms with van der Waals surface area (Å²) in [6.45, 7) is 5.76. The van der Waals surface area contributed by atoms with Gasteiger partial charge >= 0.3 is 5.97 Å². The molecule has 0 radical (unpaired) electrons. The zero-order valence-electron chi connectivity index (χ0n) is 18.2. The second kappa shape index (κ2) is 10.0. The maximum atomic E-state index is 12.8. The van der Waals surface area contributed by atoms with Crippen LogP contribution in [-0.4, -0.2) is 53.6 Å². The molecule has 1 aliphatic rings. The van der Waals surface area contributed by atoms with Gasteiger partial charge in [-0.1, -0.05) is 11.6 Å². The Morgan fingerprint density at radius 1 is 1.12 bits per heavy atom. The van der Waals surface area contributed by atoms with Crippen molar-refractivity contribution in [3.8, 4) is 0 Å². The second-order valence-corrected chi connectivity index (χ2v) is 10.3. The van der Waals surface area contributed by atoms with Crippen molar-refractivity contribution >= 4 is 39.3 Å². The first-order valence-corrected chi connectivity index (χ1v) is 12.2. The molecule has 1 fully saturated rings. The fraction of sp³-hybridized carbons (Fsp3) is 0.476. The summed E-state index contributed by atoms with van der Waals surface area (Å²) in [4.78, 5) is 25.2. The second-order valence-electron chi connectivity index (χ2n) is 7.96. The highest BCUT2D eigenvalue weighted by Gasteiger charge is 2.34. The highest BCUT2D eigenvalue weighted by atomic mass is 35.5. The third kappa shape index (κ3) is 5.48. The van der Waals surface area contributed by atoms with Crippen LogP contribution in [0.4, 0.5) is 5.82 Å². The van der Waals surface area contributed by atoms with Gasteiger partial charge in [0.1, 0.15) is 5.82 Å². The first-order chi connectivity index (χ1) is 15.1. The van der Waals surface area contributed by atoms with Gasteiger partial charge in [-0.25, -0.2) is 13.1 Å². The van der Waals surface area contributed by atoms with Crippen molar-refractivity contribution in [3.63, 3.8) is 0 Å². The quantitative estimate of drug-likeness (QED) is 0.607. The molecule has 2 aromatic rings. The number of aromatic nitrogens is 2. The molecular formula is C21H27ClN4O5S. The number of hydrogen-bond donors (Lipinski definition) is 1.